The van der Waals surface area contributed by atoms with E-state index in [-0.39, 0.29) is 5.82 Å². The molecule has 0 aliphatic heterocycles. The first-order valence-corrected chi connectivity index (χ1v) is 7.47. The first kappa shape index (κ1) is 14.0. The number of rotatable bonds is 3. The van der Waals surface area contributed by atoms with Crippen molar-refractivity contribution >= 4 is 32.5 Å². The average molecular weight is 345 g/mol. The van der Waals surface area contributed by atoms with Gasteiger partial charge in [-0.15, -0.1) is 0 Å². The molecular formula is C17H14BrFN2. The van der Waals surface area contributed by atoms with E-state index in [9.17, 15) is 4.39 Å². The van der Waals surface area contributed by atoms with Gasteiger partial charge in [-0.2, -0.15) is 0 Å². The molecule has 0 amide bonds. The van der Waals surface area contributed by atoms with E-state index in [0.29, 0.717) is 11.0 Å². The van der Waals surface area contributed by atoms with Crippen LogP contribution in [0.1, 0.15) is 11.3 Å². The van der Waals surface area contributed by atoms with E-state index in [1.807, 2.05) is 37.3 Å². The minimum absolute atomic E-state index is 0.249. The van der Waals surface area contributed by atoms with Crippen LogP contribution in [-0.2, 0) is 6.54 Å². The van der Waals surface area contributed by atoms with Gasteiger partial charge in [-0.3, -0.25) is 4.98 Å². The number of nitrogens with one attached hydrogen (secondary N) is 1. The molecule has 0 aliphatic rings. The van der Waals surface area contributed by atoms with Crippen LogP contribution in [0.3, 0.4) is 0 Å². The summed E-state index contributed by atoms with van der Waals surface area (Å²) < 4.78 is 14.0. The van der Waals surface area contributed by atoms with Crippen molar-refractivity contribution in [1.29, 1.82) is 0 Å². The summed E-state index contributed by atoms with van der Waals surface area (Å²) in [6.07, 6.45) is 0. The zero-order valence-corrected chi connectivity index (χ0v) is 13.1. The summed E-state index contributed by atoms with van der Waals surface area (Å²) in [6, 6.07) is 15.2. The molecule has 0 unspecified atom stereocenters. The Morgan fingerprint density at radius 3 is 2.81 bits per heavy atom. The van der Waals surface area contributed by atoms with E-state index in [0.717, 1.165) is 27.8 Å². The van der Waals surface area contributed by atoms with Gasteiger partial charge in [0.25, 0.3) is 0 Å². The van der Waals surface area contributed by atoms with Gasteiger partial charge < -0.3 is 5.32 Å². The second-order valence-corrected chi connectivity index (χ2v) is 5.79. The first-order valence-electron chi connectivity index (χ1n) is 6.68. The van der Waals surface area contributed by atoms with E-state index in [2.05, 4.69) is 32.3 Å². The van der Waals surface area contributed by atoms with Crippen LogP contribution in [0.4, 0.5) is 10.1 Å². The van der Waals surface area contributed by atoms with Crippen molar-refractivity contribution in [2.45, 2.75) is 13.5 Å². The number of aryl methyl sites for hydroxylation is 1. The molecule has 0 atom stereocenters. The van der Waals surface area contributed by atoms with Crippen LogP contribution >= 0.6 is 15.9 Å². The molecule has 0 radical (unpaired) electrons. The lowest BCUT2D eigenvalue weighted by Crippen LogP contribution is -2.01. The number of anilines is 1. The number of fused-ring (bicyclic) bond motifs is 1. The Labute approximate surface area is 131 Å². The number of benzene rings is 2. The van der Waals surface area contributed by atoms with Gasteiger partial charge in [0.05, 0.1) is 15.7 Å². The third-order valence-electron chi connectivity index (χ3n) is 3.33. The van der Waals surface area contributed by atoms with Crippen molar-refractivity contribution in [3.63, 3.8) is 0 Å². The first-order chi connectivity index (χ1) is 10.1. The van der Waals surface area contributed by atoms with Crippen LogP contribution in [0.25, 0.3) is 10.9 Å². The smallest absolute Gasteiger partial charge is 0.137 e. The van der Waals surface area contributed by atoms with E-state index in [4.69, 9.17) is 0 Å². The van der Waals surface area contributed by atoms with Gasteiger partial charge >= 0.3 is 0 Å². The Balaban J connectivity index is 1.88. The number of pyridine rings is 1. The van der Waals surface area contributed by atoms with E-state index >= 15 is 0 Å². The van der Waals surface area contributed by atoms with Gasteiger partial charge in [-0.25, -0.2) is 4.39 Å². The second-order valence-electron chi connectivity index (χ2n) is 4.93. The normalized spacial score (nSPS) is 10.8. The quantitative estimate of drug-likeness (QED) is 0.718. The zero-order chi connectivity index (χ0) is 14.8. The molecule has 1 aromatic heterocycles. The second kappa shape index (κ2) is 5.82. The largest absolute Gasteiger partial charge is 0.379 e. The predicted octanol–water partition coefficient (Wildman–Crippen LogP) is 5.06. The zero-order valence-electron chi connectivity index (χ0n) is 11.5. The fourth-order valence-corrected chi connectivity index (χ4v) is 2.48. The van der Waals surface area contributed by atoms with Crippen LogP contribution in [-0.4, -0.2) is 4.98 Å². The van der Waals surface area contributed by atoms with Crippen LogP contribution in [0.15, 0.2) is 53.0 Å². The van der Waals surface area contributed by atoms with Gasteiger partial charge in [0.1, 0.15) is 5.82 Å². The molecule has 0 spiro atoms. The number of halogens is 2. The summed E-state index contributed by atoms with van der Waals surface area (Å²) in [5.74, 6) is -0.249. The topological polar surface area (TPSA) is 24.9 Å². The Hall–Kier alpha value is -1.94. The third-order valence-corrected chi connectivity index (χ3v) is 3.97. The maximum Gasteiger partial charge on any atom is 0.137 e. The average Bonchev–Trinajstić information content (AvgIpc) is 2.48. The maximum absolute atomic E-state index is 13.5. The number of aromatic nitrogens is 1. The highest BCUT2D eigenvalue weighted by Gasteiger charge is 2.04. The molecule has 2 nitrogen and oxygen atoms in total. The highest BCUT2D eigenvalue weighted by atomic mass is 79.9. The Bertz CT molecular complexity index is 802. The molecular weight excluding hydrogens is 331 g/mol. The van der Waals surface area contributed by atoms with E-state index in [1.54, 1.807) is 6.07 Å². The van der Waals surface area contributed by atoms with Crippen LogP contribution in [0.5, 0.6) is 0 Å². The predicted molar refractivity (Wildman–Crippen MR) is 87.9 cm³/mol. The van der Waals surface area contributed by atoms with Crippen molar-refractivity contribution in [1.82, 2.24) is 4.98 Å². The van der Waals surface area contributed by atoms with Gasteiger partial charge in [-0.05, 0) is 52.7 Å². The van der Waals surface area contributed by atoms with Gasteiger partial charge in [0, 0.05) is 17.6 Å². The number of para-hydroxylation sites is 1. The van der Waals surface area contributed by atoms with Crippen molar-refractivity contribution < 1.29 is 4.39 Å². The molecule has 0 bridgehead atoms. The Morgan fingerprint density at radius 1 is 1.14 bits per heavy atom. The molecule has 1 heterocycles. The number of hydrogen-bond donors (Lipinski definition) is 1. The van der Waals surface area contributed by atoms with Gasteiger partial charge in [0.15, 0.2) is 0 Å². The molecule has 3 aromatic rings. The fraction of sp³-hybridized carbons (Fsp3) is 0.118. The monoisotopic (exact) mass is 344 g/mol. The fourth-order valence-electron chi connectivity index (χ4n) is 2.23. The minimum atomic E-state index is -0.249. The number of nitrogens with zero attached hydrogens (tertiary/aromatic N) is 1. The molecule has 0 fully saturated rings. The van der Waals surface area contributed by atoms with Crippen LogP contribution in [0.2, 0.25) is 0 Å². The highest BCUT2D eigenvalue weighted by Crippen LogP contribution is 2.23. The molecule has 0 saturated carbocycles. The van der Waals surface area contributed by atoms with Gasteiger partial charge in [-0.1, -0.05) is 24.3 Å². The molecule has 21 heavy (non-hydrogen) atoms. The SMILES string of the molecule is Cc1ccc2cccc(NCc3ccc(Br)c(F)c3)c2n1. The lowest BCUT2D eigenvalue weighted by atomic mass is 10.1. The Kier molecular flexibility index (Phi) is 3.88. The molecule has 4 heteroatoms. The van der Waals surface area contributed by atoms with Crippen molar-refractivity contribution in [3.05, 3.63) is 70.1 Å². The van der Waals surface area contributed by atoms with Crippen LogP contribution in [0, 0.1) is 12.7 Å². The summed E-state index contributed by atoms with van der Waals surface area (Å²) in [7, 11) is 0. The van der Waals surface area contributed by atoms with Crippen molar-refractivity contribution in [2.24, 2.45) is 0 Å². The summed E-state index contributed by atoms with van der Waals surface area (Å²) in [5.41, 5.74) is 3.77. The van der Waals surface area contributed by atoms with Crippen molar-refractivity contribution in [3.8, 4) is 0 Å². The minimum Gasteiger partial charge on any atom is -0.379 e. The van der Waals surface area contributed by atoms with Gasteiger partial charge in [0.2, 0.25) is 0 Å². The number of hydrogen-bond acceptors (Lipinski definition) is 2. The maximum atomic E-state index is 13.5. The molecule has 0 saturated heterocycles. The summed E-state index contributed by atoms with van der Waals surface area (Å²) >= 11 is 3.16. The van der Waals surface area contributed by atoms with Crippen LogP contribution < -0.4 is 5.32 Å². The molecule has 1 N–H and O–H groups in total. The molecule has 2 aromatic carbocycles. The standard InChI is InChI=1S/C17H14BrFN2/c1-11-5-7-13-3-2-4-16(17(13)21-11)20-10-12-6-8-14(18)15(19)9-12/h2-9,20H,10H2,1H3. The lowest BCUT2D eigenvalue weighted by Gasteiger charge is -2.10. The highest BCUT2D eigenvalue weighted by molar-refractivity contribution is 9.10. The summed E-state index contributed by atoms with van der Waals surface area (Å²) in [4.78, 5) is 4.58. The van der Waals surface area contributed by atoms with E-state index in [1.165, 1.54) is 6.07 Å². The molecule has 106 valence electrons. The summed E-state index contributed by atoms with van der Waals surface area (Å²) in [6.45, 7) is 2.53. The molecule has 0 aliphatic carbocycles. The molecule has 3 rings (SSSR count). The summed E-state index contributed by atoms with van der Waals surface area (Å²) in [5, 5.41) is 4.42. The van der Waals surface area contributed by atoms with E-state index < -0.39 is 0 Å². The lowest BCUT2D eigenvalue weighted by molar-refractivity contribution is 0.619. The van der Waals surface area contributed by atoms with Crippen molar-refractivity contribution in [2.75, 3.05) is 5.32 Å². The Morgan fingerprint density at radius 2 is 2.00 bits per heavy atom. The third kappa shape index (κ3) is 3.05.